The molecule has 3 aliphatic heterocycles. The number of anilines is 1. The normalized spacial score (nSPS) is 29.7. The van der Waals surface area contributed by atoms with Crippen molar-refractivity contribution in [1.82, 2.24) is 9.55 Å². The van der Waals surface area contributed by atoms with Crippen LogP contribution in [-0.2, 0) is 30.8 Å². The van der Waals surface area contributed by atoms with Crippen LogP contribution in [0.5, 0.6) is 11.5 Å². The lowest BCUT2D eigenvalue weighted by Crippen LogP contribution is -2.46. The zero-order chi connectivity index (χ0) is 45.0. The molecule has 4 bridgehead atoms. The molecule has 61 heavy (non-hydrogen) atoms. The number of hydrogen-bond acceptors (Lipinski definition) is 12. The van der Waals surface area contributed by atoms with Crippen LogP contribution in [0, 0.1) is 30.6 Å². The summed E-state index contributed by atoms with van der Waals surface area (Å²) in [5.74, 6) is -6.57. The van der Waals surface area contributed by atoms with Crippen LogP contribution in [0.4, 0.5) is 5.69 Å². The summed E-state index contributed by atoms with van der Waals surface area (Å²) in [5.41, 5.74) is 1.97. The molecular weight excluding hydrogens is 783 g/mol. The van der Waals surface area contributed by atoms with E-state index in [1.807, 2.05) is 18.2 Å². The Hall–Kier alpha value is -5.57. The third kappa shape index (κ3) is 7.92. The Morgan fingerprint density at radius 2 is 1.69 bits per heavy atom. The predicted molar refractivity (Wildman–Crippen MR) is 232 cm³/mol. The number of Topliss-reactive ketones (excluding diaryl/α,β-unsaturated/α-hetero) is 1. The van der Waals surface area contributed by atoms with Crippen LogP contribution in [0.3, 0.4) is 0 Å². The second-order valence-electron chi connectivity index (χ2n) is 17.1. The number of aryl methyl sites for hydroxylation is 1. The Labute approximate surface area is 355 Å². The Kier molecular flexibility index (Phi) is 12.6. The molecule has 14 heteroatoms. The van der Waals surface area contributed by atoms with Gasteiger partial charge >= 0.3 is 11.8 Å². The highest BCUT2D eigenvalue weighted by atomic mass is 16.7. The summed E-state index contributed by atoms with van der Waals surface area (Å²) in [7, 11) is 3.20. The molecule has 1 aliphatic carbocycles. The fourth-order valence-corrected chi connectivity index (χ4v) is 8.63. The molecule has 4 aliphatic rings. The van der Waals surface area contributed by atoms with Gasteiger partial charge in [-0.1, -0.05) is 65.8 Å². The van der Waals surface area contributed by atoms with Gasteiger partial charge in [0.25, 0.3) is 11.7 Å². The minimum Gasteiger partial charge on any atom is -0.507 e. The van der Waals surface area contributed by atoms with Crippen molar-refractivity contribution in [2.24, 2.45) is 30.7 Å². The molecule has 4 N–H and O–H groups in total. The van der Waals surface area contributed by atoms with E-state index < -0.39 is 82.7 Å². The van der Waals surface area contributed by atoms with Crippen molar-refractivity contribution >= 4 is 45.2 Å². The van der Waals surface area contributed by atoms with Crippen LogP contribution in [0.15, 0.2) is 59.1 Å². The molecule has 0 saturated carbocycles. The predicted octanol–water partition coefficient (Wildman–Crippen LogP) is 6.82. The van der Waals surface area contributed by atoms with E-state index in [-0.39, 0.29) is 56.2 Å². The van der Waals surface area contributed by atoms with E-state index in [0.717, 1.165) is 5.56 Å². The molecule has 0 unspecified atom stereocenters. The maximum atomic E-state index is 14.8. The zero-order valence-corrected chi connectivity index (χ0v) is 36.8. The van der Waals surface area contributed by atoms with Crippen molar-refractivity contribution in [2.75, 3.05) is 12.4 Å². The number of esters is 1. The number of carbonyl (C=O) groups is 3. The molecule has 9 atom stereocenters. The van der Waals surface area contributed by atoms with Gasteiger partial charge in [0.15, 0.2) is 0 Å². The van der Waals surface area contributed by atoms with E-state index >= 15 is 0 Å². The molecule has 2 aromatic carbocycles. The highest BCUT2D eigenvalue weighted by molar-refractivity contribution is 6.22. The average molecular weight is 840 g/mol. The number of phenolic OH excluding ortho intramolecular Hbond substituents is 1. The number of fused-ring (bicyclic) bond motifs is 2. The van der Waals surface area contributed by atoms with Crippen molar-refractivity contribution in [1.29, 1.82) is 0 Å². The third-order valence-corrected chi connectivity index (χ3v) is 12.5. The average Bonchev–Trinajstić information content (AvgIpc) is 3.48. The van der Waals surface area contributed by atoms with E-state index in [9.17, 15) is 34.5 Å². The first-order chi connectivity index (χ1) is 28.6. The van der Waals surface area contributed by atoms with Gasteiger partial charge in [-0.25, -0.2) is 4.98 Å². The number of aromatic hydroxyl groups is 1. The number of amides is 1. The van der Waals surface area contributed by atoms with Crippen LogP contribution in [0.25, 0.3) is 33.2 Å². The maximum Gasteiger partial charge on any atom is 0.312 e. The van der Waals surface area contributed by atoms with Gasteiger partial charge in [0.05, 0.1) is 57.9 Å². The quantitative estimate of drug-likeness (QED) is 0.0957. The van der Waals surface area contributed by atoms with Crippen LogP contribution in [0.1, 0.15) is 89.7 Å². The monoisotopic (exact) mass is 839 g/mol. The highest BCUT2D eigenvalue weighted by Gasteiger charge is 2.50. The first-order valence-electron chi connectivity index (χ1n) is 20.6. The Bertz CT molecular complexity index is 2540. The molecule has 0 aromatic heterocycles. The van der Waals surface area contributed by atoms with Crippen LogP contribution in [-0.4, -0.2) is 79.8 Å². The lowest BCUT2D eigenvalue weighted by atomic mass is 9.78. The summed E-state index contributed by atoms with van der Waals surface area (Å²) < 4.78 is 25.7. The minimum absolute atomic E-state index is 0.000826. The van der Waals surface area contributed by atoms with Gasteiger partial charge in [0.1, 0.15) is 23.3 Å². The fourth-order valence-electron chi connectivity index (χ4n) is 8.63. The van der Waals surface area contributed by atoms with Gasteiger partial charge in [0, 0.05) is 68.2 Å². The largest absolute Gasteiger partial charge is 0.507 e. The van der Waals surface area contributed by atoms with Gasteiger partial charge in [-0.15, -0.1) is 0 Å². The Morgan fingerprint density at radius 1 is 1.00 bits per heavy atom. The molecule has 0 fully saturated rings. The SMILES string of the molecule is CO[C@H]1/C=C/O[C@@]2(C)Oc3c(C)c(O)c4c(=O)c(c5n(C)c6cc(C(C)C)ccc6nc-5c4c3C2=O)NC(=O)/C(C)=C\C=C\[C@H](C)[C@H](O)[C@@H](C)[C@@H](O)[C@@H](C)[C@H](OC(C)=O)[C@@H]1C. The molecule has 326 valence electrons. The summed E-state index contributed by atoms with van der Waals surface area (Å²) in [6.07, 6.45) is 3.80. The minimum atomic E-state index is -2.00. The van der Waals surface area contributed by atoms with Crippen LogP contribution < -0.4 is 15.5 Å². The van der Waals surface area contributed by atoms with Crippen LogP contribution in [0.2, 0.25) is 0 Å². The number of ketones is 1. The van der Waals surface area contributed by atoms with E-state index in [4.69, 9.17) is 23.9 Å². The smallest absolute Gasteiger partial charge is 0.312 e. The van der Waals surface area contributed by atoms with Gasteiger partial charge < -0.3 is 44.2 Å². The summed E-state index contributed by atoms with van der Waals surface area (Å²) >= 11 is 0. The number of rotatable bonds is 3. The summed E-state index contributed by atoms with van der Waals surface area (Å²) in [4.78, 5) is 61.0. The number of benzene rings is 3. The van der Waals surface area contributed by atoms with E-state index in [1.54, 1.807) is 64.5 Å². The number of nitrogens with zero attached hydrogens (tertiary/aromatic N) is 2. The number of hydrogen-bond donors (Lipinski definition) is 4. The van der Waals surface area contributed by atoms with Gasteiger partial charge in [0.2, 0.25) is 5.43 Å². The Morgan fingerprint density at radius 3 is 2.33 bits per heavy atom. The summed E-state index contributed by atoms with van der Waals surface area (Å²) in [6.45, 7) is 16.9. The Balaban J connectivity index is 1.62. The highest BCUT2D eigenvalue weighted by Crippen LogP contribution is 2.50. The molecule has 3 heterocycles. The maximum absolute atomic E-state index is 14.8. The number of aliphatic hydroxyl groups is 2. The first-order valence-corrected chi connectivity index (χ1v) is 20.6. The molecule has 6 rings (SSSR count). The molecule has 2 aromatic rings. The van der Waals surface area contributed by atoms with Crippen LogP contribution >= 0.6 is 0 Å². The number of phenols is 1. The molecular formula is C47H57N3O11. The van der Waals surface area contributed by atoms with Crippen molar-refractivity contribution in [3.05, 3.63) is 81.3 Å². The molecule has 0 radical (unpaired) electrons. The molecule has 1 amide bonds. The van der Waals surface area contributed by atoms with Gasteiger partial charge in [-0.2, -0.15) is 0 Å². The van der Waals surface area contributed by atoms with E-state index in [1.165, 1.54) is 40.2 Å². The topological polar surface area (TPSA) is 196 Å². The third-order valence-electron chi connectivity index (χ3n) is 12.5. The van der Waals surface area contributed by atoms with Crippen molar-refractivity contribution < 1.29 is 48.7 Å². The number of methoxy groups -OCH3 is 1. The molecule has 0 spiro atoms. The van der Waals surface area contributed by atoms with E-state index in [0.29, 0.717) is 11.0 Å². The van der Waals surface area contributed by atoms with Gasteiger partial charge in [-0.05, 0) is 43.5 Å². The van der Waals surface area contributed by atoms with Gasteiger partial charge in [-0.3, -0.25) is 19.2 Å². The van der Waals surface area contributed by atoms with Crippen molar-refractivity contribution in [3.8, 4) is 22.9 Å². The van der Waals surface area contributed by atoms with Crippen molar-refractivity contribution in [3.63, 3.8) is 0 Å². The number of carbonyl (C=O) groups excluding carboxylic acids is 3. The molecule has 14 nitrogen and oxygen atoms in total. The second kappa shape index (κ2) is 17.1. The number of ether oxygens (including phenoxy) is 4. The zero-order valence-electron chi connectivity index (χ0n) is 36.8. The summed E-state index contributed by atoms with van der Waals surface area (Å²) in [5, 5.41) is 37.4. The second-order valence-corrected chi connectivity index (χ2v) is 17.1. The van der Waals surface area contributed by atoms with Crippen molar-refractivity contribution in [2.45, 2.75) is 105 Å². The number of aromatic nitrogens is 2. The lowest BCUT2D eigenvalue weighted by molar-refractivity contribution is -0.160. The number of allylic oxidation sites excluding steroid dienone is 2. The molecule has 0 saturated heterocycles. The lowest BCUT2D eigenvalue weighted by Gasteiger charge is -2.38. The standard InChI is InChI=1S/C47H57N3O11/c1-21(2)29-16-17-30-31(20-29)50(11)38-36(48-30)33-34-41(54)27(8)44-35(33)45(56)47(10,61-44)59-19-18-32(58-12)24(5)43(60-28(9)51)26(7)40(53)25(6)39(52)22(3)14-13-15-23(4)46(57)49-37(38)42(34)55/h13-22,24-26,32,39-40,43,52-54H,1-12H3,(H,49,57)/b14-13+,19-18+,23-15-/t22-,24+,25+,26+,32-,39-,40+,43+,47-/m0/s1. The first kappa shape index (κ1) is 45.0. The fraction of sp³-hybridized carbons (Fsp3) is 0.468. The van der Waals surface area contributed by atoms with E-state index in [2.05, 4.69) is 19.2 Å². The number of nitrogens with one attached hydrogen (secondary N) is 1. The summed E-state index contributed by atoms with van der Waals surface area (Å²) in [6, 6.07) is 5.76. The number of aliphatic hydroxyl groups excluding tert-OH is 2.